The molecule has 0 atom stereocenters. The molecule has 1 N–H and O–H groups in total. The molecule has 0 aliphatic carbocycles. The van der Waals surface area contributed by atoms with Crippen LogP contribution < -0.4 is 10.1 Å². The van der Waals surface area contributed by atoms with Gasteiger partial charge in [-0.05, 0) is 30.5 Å². The van der Waals surface area contributed by atoms with Crippen LogP contribution in [0.1, 0.15) is 46.0 Å². The molecule has 2 aromatic rings. The van der Waals surface area contributed by atoms with Gasteiger partial charge in [0.05, 0.1) is 0 Å². The summed E-state index contributed by atoms with van der Waals surface area (Å²) in [6.07, 6.45) is -1.91. The van der Waals surface area contributed by atoms with Gasteiger partial charge in [0, 0.05) is 23.7 Å². The van der Waals surface area contributed by atoms with Crippen molar-refractivity contribution in [3.63, 3.8) is 0 Å². The largest absolute Gasteiger partial charge is 0.489 e. The van der Waals surface area contributed by atoms with Gasteiger partial charge in [0.1, 0.15) is 12.4 Å². The molecular formula is C20H21F2NO3. The van der Waals surface area contributed by atoms with Gasteiger partial charge in [-0.2, -0.15) is 0 Å². The first-order chi connectivity index (χ1) is 12.4. The molecule has 0 fully saturated rings. The van der Waals surface area contributed by atoms with Gasteiger partial charge in [0.15, 0.2) is 0 Å². The highest BCUT2D eigenvalue weighted by Gasteiger charge is 2.24. The van der Waals surface area contributed by atoms with Crippen LogP contribution in [0.25, 0.3) is 0 Å². The maximum Gasteiger partial charge on any atom is 0.292 e. The SMILES string of the molecule is CCc1ccc(OCc2c(C(=O)C(=O)NC)cccc2C(F)F)c(C)c1. The normalized spacial score (nSPS) is 10.7. The zero-order valence-electron chi connectivity index (χ0n) is 14.9. The number of carbonyl (C=O) groups excluding carboxylic acids is 2. The maximum atomic E-state index is 13.4. The second-order valence-electron chi connectivity index (χ2n) is 5.82. The Labute approximate surface area is 151 Å². The molecule has 138 valence electrons. The Kier molecular flexibility index (Phi) is 6.44. The minimum atomic E-state index is -2.78. The number of Topliss-reactive ketones (excluding diaryl/α,β-unsaturated/α-hetero) is 1. The predicted molar refractivity (Wildman–Crippen MR) is 94.7 cm³/mol. The lowest BCUT2D eigenvalue weighted by Gasteiger charge is -2.16. The van der Waals surface area contributed by atoms with E-state index in [1.807, 2.05) is 26.0 Å². The summed E-state index contributed by atoms with van der Waals surface area (Å²) in [6, 6.07) is 9.57. The molecule has 0 bridgehead atoms. The first-order valence-corrected chi connectivity index (χ1v) is 8.27. The summed E-state index contributed by atoms with van der Waals surface area (Å²) in [5.41, 5.74) is 1.64. The third kappa shape index (κ3) is 4.25. The van der Waals surface area contributed by atoms with Crippen LogP contribution in [-0.4, -0.2) is 18.7 Å². The highest BCUT2D eigenvalue weighted by molar-refractivity contribution is 6.43. The molecule has 26 heavy (non-hydrogen) atoms. The van der Waals surface area contributed by atoms with Gasteiger partial charge in [-0.3, -0.25) is 9.59 Å². The molecule has 2 rings (SSSR count). The van der Waals surface area contributed by atoms with Crippen molar-refractivity contribution in [1.29, 1.82) is 0 Å². The lowest BCUT2D eigenvalue weighted by molar-refractivity contribution is -0.116. The monoisotopic (exact) mass is 361 g/mol. The number of nitrogens with one attached hydrogen (secondary N) is 1. The quantitative estimate of drug-likeness (QED) is 0.599. The summed E-state index contributed by atoms with van der Waals surface area (Å²) in [6.45, 7) is 3.67. The van der Waals surface area contributed by atoms with E-state index in [9.17, 15) is 18.4 Å². The van der Waals surface area contributed by atoms with Crippen LogP contribution in [0.4, 0.5) is 8.78 Å². The van der Waals surface area contributed by atoms with Gasteiger partial charge in [0.25, 0.3) is 18.1 Å². The van der Waals surface area contributed by atoms with Crippen molar-refractivity contribution in [3.8, 4) is 5.75 Å². The smallest absolute Gasteiger partial charge is 0.292 e. The Balaban J connectivity index is 2.37. The van der Waals surface area contributed by atoms with Crippen molar-refractivity contribution in [3.05, 3.63) is 64.2 Å². The number of likely N-dealkylation sites (N-methyl/N-ethyl adjacent to an activating group) is 1. The van der Waals surface area contributed by atoms with Gasteiger partial charge < -0.3 is 10.1 Å². The van der Waals surface area contributed by atoms with Crippen molar-refractivity contribution >= 4 is 11.7 Å². The van der Waals surface area contributed by atoms with Gasteiger partial charge in [0.2, 0.25) is 0 Å². The Morgan fingerprint density at radius 3 is 2.50 bits per heavy atom. The van der Waals surface area contributed by atoms with Crippen LogP contribution in [0.15, 0.2) is 36.4 Å². The molecule has 0 unspecified atom stereocenters. The summed E-state index contributed by atoms with van der Waals surface area (Å²) in [5, 5.41) is 2.22. The first kappa shape index (κ1) is 19.6. The van der Waals surface area contributed by atoms with Gasteiger partial charge >= 0.3 is 0 Å². The second kappa shape index (κ2) is 8.56. The van der Waals surface area contributed by atoms with E-state index in [1.54, 1.807) is 6.07 Å². The van der Waals surface area contributed by atoms with Gasteiger partial charge in [-0.25, -0.2) is 8.78 Å². The van der Waals surface area contributed by atoms with Crippen molar-refractivity contribution in [2.75, 3.05) is 7.05 Å². The molecule has 0 spiro atoms. The summed E-state index contributed by atoms with van der Waals surface area (Å²) >= 11 is 0. The van der Waals surface area contributed by atoms with E-state index in [1.165, 1.54) is 25.2 Å². The van der Waals surface area contributed by atoms with E-state index in [-0.39, 0.29) is 23.3 Å². The van der Waals surface area contributed by atoms with Crippen molar-refractivity contribution in [2.24, 2.45) is 0 Å². The molecule has 0 aliphatic heterocycles. The number of aryl methyl sites for hydroxylation is 2. The average Bonchev–Trinajstić information content (AvgIpc) is 2.65. The van der Waals surface area contributed by atoms with Crippen LogP contribution in [0.3, 0.4) is 0 Å². The molecule has 0 aromatic heterocycles. The number of hydrogen-bond donors (Lipinski definition) is 1. The first-order valence-electron chi connectivity index (χ1n) is 8.27. The summed E-state index contributed by atoms with van der Waals surface area (Å²) in [5.74, 6) is -1.18. The number of hydrogen-bond acceptors (Lipinski definition) is 3. The standard InChI is InChI=1S/C20H21F2NO3/c1-4-13-8-9-17(12(2)10-13)26-11-16-14(18(24)20(25)23-3)6-5-7-15(16)19(21)22/h5-10,19H,4,11H2,1-3H3,(H,23,25). The summed E-state index contributed by atoms with van der Waals surface area (Å²) in [4.78, 5) is 23.9. The zero-order chi connectivity index (χ0) is 19.3. The number of alkyl halides is 2. The molecule has 0 aliphatic rings. The van der Waals surface area contributed by atoms with Gasteiger partial charge in [-0.1, -0.05) is 37.3 Å². The van der Waals surface area contributed by atoms with E-state index < -0.39 is 18.1 Å². The molecule has 0 radical (unpaired) electrons. The van der Waals surface area contributed by atoms with Crippen LogP contribution in [0.2, 0.25) is 0 Å². The van der Waals surface area contributed by atoms with Crippen molar-refractivity contribution in [1.82, 2.24) is 5.32 Å². The molecule has 0 saturated heterocycles. The molecule has 6 heteroatoms. The number of amides is 1. The lowest BCUT2D eigenvalue weighted by atomic mass is 9.98. The van der Waals surface area contributed by atoms with Crippen LogP contribution in [0, 0.1) is 6.92 Å². The minimum Gasteiger partial charge on any atom is -0.489 e. The summed E-state index contributed by atoms with van der Waals surface area (Å²) < 4.78 is 32.5. The van der Waals surface area contributed by atoms with Gasteiger partial charge in [-0.15, -0.1) is 0 Å². The Morgan fingerprint density at radius 2 is 1.92 bits per heavy atom. The number of rotatable bonds is 7. The lowest BCUT2D eigenvalue weighted by Crippen LogP contribution is -2.28. The molecular weight excluding hydrogens is 340 g/mol. The zero-order valence-corrected chi connectivity index (χ0v) is 14.9. The van der Waals surface area contributed by atoms with Crippen molar-refractivity contribution < 1.29 is 23.1 Å². The third-order valence-electron chi connectivity index (χ3n) is 4.14. The predicted octanol–water partition coefficient (Wildman–Crippen LogP) is 4.00. The number of halogens is 2. The van der Waals surface area contributed by atoms with E-state index >= 15 is 0 Å². The average molecular weight is 361 g/mol. The fourth-order valence-corrected chi connectivity index (χ4v) is 2.66. The number of ketones is 1. The van der Waals surface area contributed by atoms with E-state index in [4.69, 9.17) is 4.74 Å². The molecule has 4 nitrogen and oxygen atoms in total. The second-order valence-corrected chi connectivity index (χ2v) is 5.82. The molecule has 0 heterocycles. The summed E-state index contributed by atoms with van der Waals surface area (Å²) in [7, 11) is 1.31. The fraction of sp³-hybridized carbons (Fsp3) is 0.300. The maximum absolute atomic E-state index is 13.4. The highest BCUT2D eigenvalue weighted by atomic mass is 19.3. The van der Waals surface area contributed by atoms with Crippen molar-refractivity contribution in [2.45, 2.75) is 33.3 Å². The number of carbonyl (C=O) groups is 2. The van der Waals surface area contributed by atoms with E-state index in [0.29, 0.717) is 5.75 Å². The Hall–Kier alpha value is -2.76. The molecule has 2 aromatic carbocycles. The highest BCUT2D eigenvalue weighted by Crippen LogP contribution is 2.28. The van der Waals surface area contributed by atoms with Crippen LogP contribution >= 0.6 is 0 Å². The van der Waals surface area contributed by atoms with E-state index in [0.717, 1.165) is 17.5 Å². The van der Waals surface area contributed by atoms with Crippen LogP contribution in [-0.2, 0) is 17.8 Å². The number of ether oxygens (including phenoxy) is 1. The molecule has 1 amide bonds. The number of benzene rings is 2. The van der Waals surface area contributed by atoms with Crippen LogP contribution in [0.5, 0.6) is 5.75 Å². The fourth-order valence-electron chi connectivity index (χ4n) is 2.66. The third-order valence-corrected chi connectivity index (χ3v) is 4.14. The Morgan fingerprint density at radius 1 is 1.19 bits per heavy atom. The molecule has 0 saturated carbocycles. The Bertz CT molecular complexity index is 819. The topological polar surface area (TPSA) is 55.4 Å². The van der Waals surface area contributed by atoms with E-state index in [2.05, 4.69) is 5.32 Å². The minimum absolute atomic E-state index is 0.0232.